The van der Waals surface area contributed by atoms with E-state index >= 15 is 0 Å². The second-order valence-corrected chi connectivity index (χ2v) is 5.73. The smallest absolute Gasteiger partial charge is 0.0141 e. The Bertz CT molecular complexity index is 406. The van der Waals surface area contributed by atoms with E-state index in [9.17, 15) is 0 Å². The molecule has 0 unspecified atom stereocenters. The molecule has 0 aromatic heterocycles. The van der Waals surface area contributed by atoms with Gasteiger partial charge in [0.05, 0.1) is 0 Å². The summed E-state index contributed by atoms with van der Waals surface area (Å²) < 4.78 is 0. The monoisotopic (exact) mass is 218 g/mol. The SMILES string of the molecule is CSc1c2c(cc3c1[C@H](C)CC3)CCC2. The van der Waals surface area contributed by atoms with Gasteiger partial charge in [0.2, 0.25) is 0 Å². The predicted molar refractivity (Wildman–Crippen MR) is 67.0 cm³/mol. The summed E-state index contributed by atoms with van der Waals surface area (Å²) in [5, 5.41) is 0. The number of hydrogen-bond donors (Lipinski definition) is 0. The molecular formula is C14H18S. The molecule has 0 nitrogen and oxygen atoms in total. The number of thioether (sulfide) groups is 1. The van der Waals surface area contributed by atoms with Gasteiger partial charge in [-0.2, -0.15) is 0 Å². The quantitative estimate of drug-likeness (QED) is 0.643. The van der Waals surface area contributed by atoms with Gasteiger partial charge in [0.15, 0.2) is 0 Å². The van der Waals surface area contributed by atoms with Gasteiger partial charge < -0.3 is 0 Å². The van der Waals surface area contributed by atoms with Crippen LogP contribution in [-0.4, -0.2) is 6.26 Å². The summed E-state index contributed by atoms with van der Waals surface area (Å²) in [6.45, 7) is 2.40. The third-order valence-electron chi connectivity index (χ3n) is 4.02. The third-order valence-corrected chi connectivity index (χ3v) is 4.89. The molecule has 0 amide bonds. The van der Waals surface area contributed by atoms with E-state index < -0.39 is 0 Å². The summed E-state index contributed by atoms with van der Waals surface area (Å²) in [5.74, 6) is 0.799. The summed E-state index contributed by atoms with van der Waals surface area (Å²) in [7, 11) is 0. The van der Waals surface area contributed by atoms with Crippen molar-refractivity contribution >= 4 is 11.8 Å². The van der Waals surface area contributed by atoms with Gasteiger partial charge in [-0.1, -0.05) is 13.0 Å². The fraction of sp³-hybridized carbons (Fsp3) is 0.571. The van der Waals surface area contributed by atoms with Crippen molar-refractivity contribution in [1.82, 2.24) is 0 Å². The molecule has 0 fully saturated rings. The van der Waals surface area contributed by atoms with Gasteiger partial charge in [-0.25, -0.2) is 0 Å². The van der Waals surface area contributed by atoms with Gasteiger partial charge in [-0.15, -0.1) is 11.8 Å². The minimum Gasteiger partial charge on any atom is -0.129 e. The van der Waals surface area contributed by atoms with Gasteiger partial charge in [0.25, 0.3) is 0 Å². The van der Waals surface area contributed by atoms with Crippen LogP contribution in [0.1, 0.15) is 47.9 Å². The lowest BCUT2D eigenvalue weighted by Gasteiger charge is -2.15. The maximum absolute atomic E-state index is 2.51. The van der Waals surface area contributed by atoms with E-state index in [0.717, 1.165) is 5.92 Å². The Balaban J connectivity index is 2.24. The number of hydrogen-bond acceptors (Lipinski definition) is 1. The van der Waals surface area contributed by atoms with Crippen LogP contribution < -0.4 is 0 Å². The lowest BCUT2D eigenvalue weighted by atomic mass is 9.98. The molecule has 2 aliphatic rings. The van der Waals surface area contributed by atoms with Crippen molar-refractivity contribution in [3.63, 3.8) is 0 Å². The van der Waals surface area contributed by atoms with Gasteiger partial charge in [0, 0.05) is 4.90 Å². The molecule has 0 aliphatic heterocycles. The topological polar surface area (TPSA) is 0 Å². The van der Waals surface area contributed by atoms with Gasteiger partial charge in [-0.05, 0) is 66.5 Å². The van der Waals surface area contributed by atoms with Crippen LogP contribution in [0.5, 0.6) is 0 Å². The molecule has 0 saturated heterocycles. The lowest BCUT2D eigenvalue weighted by molar-refractivity contribution is 0.736. The number of rotatable bonds is 1. The molecule has 0 bridgehead atoms. The minimum absolute atomic E-state index is 0.799. The lowest BCUT2D eigenvalue weighted by Crippen LogP contribution is -1.96. The minimum atomic E-state index is 0.799. The molecule has 2 aliphatic carbocycles. The van der Waals surface area contributed by atoms with Gasteiger partial charge >= 0.3 is 0 Å². The first-order valence-electron chi connectivity index (χ1n) is 6.02. The molecule has 80 valence electrons. The van der Waals surface area contributed by atoms with Crippen molar-refractivity contribution < 1.29 is 0 Å². The average molecular weight is 218 g/mol. The summed E-state index contributed by atoms with van der Waals surface area (Å²) in [6.07, 6.45) is 8.96. The van der Waals surface area contributed by atoms with Crippen molar-refractivity contribution in [1.29, 1.82) is 0 Å². The number of benzene rings is 1. The van der Waals surface area contributed by atoms with E-state index in [1.54, 1.807) is 27.1 Å². The highest BCUT2D eigenvalue weighted by Gasteiger charge is 2.27. The maximum Gasteiger partial charge on any atom is 0.0141 e. The van der Waals surface area contributed by atoms with Crippen LogP contribution in [0, 0.1) is 0 Å². The molecule has 0 heterocycles. The molecule has 0 radical (unpaired) electrons. The Morgan fingerprint density at radius 2 is 2.07 bits per heavy atom. The van der Waals surface area contributed by atoms with E-state index in [0.29, 0.717) is 0 Å². The molecule has 0 spiro atoms. The maximum atomic E-state index is 2.51. The van der Waals surface area contributed by atoms with Crippen molar-refractivity contribution in [2.24, 2.45) is 0 Å². The van der Waals surface area contributed by atoms with Crippen molar-refractivity contribution in [3.05, 3.63) is 28.3 Å². The molecule has 1 aromatic carbocycles. The Morgan fingerprint density at radius 1 is 1.20 bits per heavy atom. The summed E-state index contributed by atoms with van der Waals surface area (Å²) >= 11 is 1.98. The van der Waals surface area contributed by atoms with Crippen molar-refractivity contribution in [3.8, 4) is 0 Å². The van der Waals surface area contributed by atoms with Gasteiger partial charge in [-0.3, -0.25) is 0 Å². The Kier molecular flexibility index (Phi) is 2.31. The zero-order valence-electron chi connectivity index (χ0n) is 9.60. The predicted octanol–water partition coefficient (Wildman–Crippen LogP) is 3.95. The highest BCUT2D eigenvalue weighted by atomic mass is 32.2. The van der Waals surface area contributed by atoms with Crippen LogP contribution >= 0.6 is 11.8 Å². The summed E-state index contributed by atoms with van der Waals surface area (Å²) in [4.78, 5) is 1.64. The zero-order chi connectivity index (χ0) is 10.4. The van der Waals surface area contributed by atoms with Crippen LogP contribution in [0.15, 0.2) is 11.0 Å². The fourth-order valence-corrected chi connectivity index (χ4v) is 4.31. The Morgan fingerprint density at radius 3 is 2.87 bits per heavy atom. The van der Waals surface area contributed by atoms with E-state index in [-0.39, 0.29) is 0 Å². The van der Waals surface area contributed by atoms with Crippen LogP contribution in [0.25, 0.3) is 0 Å². The molecule has 0 N–H and O–H groups in total. The first-order valence-corrected chi connectivity index (χ1v) is 7.25. The summed E-state index contributed by atoms with van der Waals surface area (Å²) in [6, 6.07) is 2.51. The van der Waals surface area contributed by atoms with Crippen molar-refractivity contribution in [2.45, 2.75) is 49.8 Å². The normalized spacial score (nSPS) is 22.9. The number of aryl methyl sites for hydroxylation is 2. The van der Waals surface area contributed by atoms with Crippen LogP contribution in [-0.2, 0) is 19.3 Å². The second-order valence-electron chi connectivity index (χ2n) is 4.91. The van der Waals surface area contributed by atoms with E-state index in [1.807, 2.05) is 11.8 Å². The standard InChI is InChI=1S/C14H18S/c1-9-6-7-11-8-10-4-3-5-12(10)14(15-2)13(9)11/h8-9H,3-7H2,1-2H3/t9-/m1/s1. The largest absolute Gasteiger partial charge is 0.129 e. The molecule has 1 heteroatoms. The fourth-order valence-electron chi connectivity index (χ4n) is 3.28. The Labute approximate surface area is 96.5 Å². The molecular weight excluding hydrogens is 200 g/mol. The van der Waals surface area contributed by atoms with Crippen molar-refractivity contribution in [2.75, 3.05) is 6.26 Å². The third kappa shape index (κ3) is 1.36. The number of fused-ring (bicyclic) bond motifs is 2. The first-order chi connectivity index (χ1) is 7.31. The first kappa shape index (κ1) is 9.77. The van der Waals surface area contributed by atoms with Gasteiger partial charge in [0.1, 0.15) is 0 Å². The molecule has 1 atom stereocenters. The summed E-state index contributed by atoms with van der Waals surface area (Å²) in [5.41, 5.74) is 6.71. The van der Waals surface area contributed by atoms with E-state index in [1.165, 1.54) is 32.1 Å². The molecule has 15 heavy (non-hydrogen) atoms. The highest BCUT2D eigenvalue weighted by molar-refractivity contribution is 7.98. The van der Waals surface area contributed by atoms with E-state index in [2.05, 4.69) is 19.2 Å². The second kappa shape index (κ2) is 3.55. The molecule has 3 rings (SSSR count). The average Bonchev–Trinajstić information content (AvgIpc) is 2.83. The zero-order valence-corrected chi connectivity index (χ0v) is 10.4. The van der Waals surface area contributed by atoms with Crippen LogP contribution in [0.3, 0.4) is 0 Å². The molecule has 0 saturated carbocycles. The highest BCUT2D eigenvalue weighted by Crippen LogP contribution is 2.44. The Hall–Kier alpha value is -0.430. The van der Waals surface area contributed by atoms with E-state index in [4.69, 9.17) is 0 Å². The van der Waals surface area contributed by atoms with Crippen LogP contribution in [0.4, 0.5) is 0 Å². The van der Waals surface area contributed by atoms with Crippen LogP contribution in [0.2, 0.25) is 0 Å². The molecule has 1 aromatic rings.